The van der Waals surface area contributed by atoms with Gasteiger partial charge in [-0.05, 0) is 43.0 Å². The zero-order chi connectivity index (χ0) is 19.6. The van der Waals surface area contributed by atoms with Crippen LogP contribution in [0.5, 0.6) is 0 Å². The second kappa shape index (κ2) is 9.07. The van der Waals surface area contributed by atoms with Crippen molar-refractivity contribution in [1.82, 2.24) is 8.87 Å². The number of nitrogens with one attached hydrogen (secondary N) is 1. The third-order valence-electron chi connectivity index (χ3n) is 5.08. The first-order valence-corrected chi connectivity index (χ1v) is 10.6. The van der Waals surface area contributed by atoms with E-state index in [1.165, 1.54) is 33.0 Å². The first-order valence-electron chi connectivity index (χ1n) is 9.21. The molecule has 1 N–H and O–H groups in total. The lowest BCUT2D eigenvalue weighted by atomic mass is 9.82. The van der Waals surface area contributed by atoms with E-state index in [1.54, 1.807) is 10.8 Å². The number of nitrogens with zero attached hydrogens (tertiary/aromatic N) is 3. The van der Waals surface area contributed by atoms with Gasteiger partial charge in [-0.25, -0.2) is 4.57 Å². The second-order valence-electron chi connectivity index (χ2n) is 7.45. The summed E-state index contributed by atoms with van der Waals surface area (Å²) in [5.41, 5.74) is 1.56. The van der Waals surface area contributed by atoms with Crippen LogP contribution in [0.3, 0.4) is 0 Å². The number of carbonyl (C=O) groups excluding carboxylic acids is 1. The van der Waals surface area contributed by atoms with Crippen LogP contribution in [0.4, 0.5) is 5.69 Å². The molecule has 1 saturated carbocycles. The average molecular weight is 427 g/mol. The Morgan fingerprint density at radius 3 is 2.50 bits per heavy atom. The zero-order valence-corrected chi connectivity index (χ0v) is 17.9. The van der Waals surface area contributed by atoms with E-state index in [2.05, 4.69) is 12.2 Å². The lowest BCUT2D eigenvalue weighted by Gasteiger charge is -2.25. The van der Waals surface area contributed by atoms with Gasteiger partial charge >= 0.3 is 10.2 Å². The summed E-state index contributed by atoms with van der Waals surface area (Å²) < 4.78 is 28.3. The Balaban J connectivity index is 0.00000280. The van der Waals surface area contributed by atoms with Crippen molar-refractivity contribution in [3.63, 3.8) is 0 Å². The molecular formula is C19H27ClN4O3S. The lowest BCUT2D eigenvalue weighted by molar-refractivity contribution is -0.514. The van der Waals surface area contributed by atoms with Gasteiger partial charge in [-0.1, -0.05) is 19.8 Å². The number of amides is 1. The van der Waals surface area contributed by atoms with Crippen molar-refractivity contribution in [2.45, 2.75) is 32.6 Å². The fraction of sp³-hybridized carbons (Fsp3) is 0.474. The number of aromatic nitrogens is 2. The molecule has 7 nitrogen and oxygen atoms in total. The third kappa shape index (κ3) is 4.92. The van der Waals surface area contributed by atoms with Gasteiger partial charge in [0, 0.05) is 25.7 Å². The molecule has 2 atom stereocenters. The molecule has 28 heavy (non-hydrogen) atoms. The van der Waals surface area contributed by atoms with Gasteiger partial charge in [-0.15, -0.1) is 3.97 Å². The van der Waals surface area contributed by atoms with Crippen molar-refractivity contribution in [2.24, 2.45) is 11.8 Å². The molecule has 0 saturated heterocycles. The van der Waals surface area contributed by atoms with Crippen LogP contribution in [0.25, 0.3) is 5.69 Å². The minimum absolute atomic E-state index is 0. The van der Waals surface area contributed by atoms with Gasteiger partial charge in [0.05, 0.1) is 0 Å². The first-order chi connectivity index (χ1) is 12.8. The summed E-state index contributed by atoms with van der Waals surface area (Å²) in [4.78, 5) is 12.5. The predicted molar refractivity (Wildman–Crippen MR) is 104 cm³/mol. The van der Waals surface area contributed by atoms with Crippen LogP contribution >= 0.6 is 0 Å². The van der Waals surface area contributed by atoms with Crippen molar-refractivity contribution in [3.8, 4) is 5.69 Å². The molecule has 1 aliphatic carbocycles. The molecule has 2 aromatic rings. The second-order valence-corrected chi connectivity index (χ2v) is 9.49. The highest BCUT2D eigenvalue weighted by Gasteiger charge is 2.25. The van der Waals surface area contributed by atoms with E-state index in [0.29, 0.717) is 5.92 Å². The Hall–Kier alpha value is -1.90. The molecule has 1 aromatic heterocycles. The smallest absolute Gasteiger partial charge is 0.379 e. The number of anilines is 1. The van der Waals surface area contributed by atoms with Crippen molar-refractivity contribution in [1.29, 1.82) is 0 Å². The van der Waals surface area contributed by atoms with Crippen LogP contribution in [0, 0.1) is 11.8 Å². The minimum Gasteiger partial charge on any atom is -1.00 e. The molecule has 0 radical (unpaired) electrons. The molecule has 1 heterocycles. The van der Waals surface area contributed by atoms with Crippen LogP contribution < -0.4 is 21.7 Å². The highest BCUT2D eigenvalue weighted by Crippen LogP contribution is 2.29. The lowest BCUT2D eigenvalue weighted by Crippen LogP contribution is -3.00. The molecule has 1 fully saturated rings. The summed E-state index contributed by atoms with van der Waals surface area (Å²) in [5, 5.41) is 3.00. The maximum atomic E-state index is 12.5. The summed E-state index contributed by atoms with van der Waals surface area (Å²) in [5.74, 6) is 0.786. The van der Waals surface area contributed by atoms with Crippen molar-refractivity contribution in [3.05, 3.63) is 43.0 Å². The SMILES string of the molecule is CC1CCCC(C(=O)Nc2ccc(-n3cc[n+](S(=O)(=O)N(C)C)c3)cc2)C1.[Cl-]. The van der Waals surface area contributed by atoms with Gasteiger partial charge in [0.25, 0.3) is 6.33 Å². The van der Waals surface area contributed by atoms with Crippen molar-refractivity contribution >= 4 is 21.8 Å². The number of halogens is 1. The molecule has 0 spiro atoms. The maximum Gasteiger partial charge on any atom is 0.379 e. The quantitative estimate of drug-likeness (QED) is 0.635. The fourth-order valence-electron chi connectivity index (χ4n) is 3.45. The molecule has 0 bridgehead atoms. The van der Waals surface area contributed by atoms with Crippen LogP contribution in [-0.2, 0) is 15.0 Å². The van der Waals surface area contributed by atoms with E-state index in [1.807, 2.05) is 24.3 Å². The van der Waals surface area contributed by atoms with Crippen molar-refractivity contribution < 1.29 is 29.6 Å². The molecule has 2 unspecified atom stereocenters. The minimum atomic E-state index is -3.53. The Bertz CT molecular complexity index is 910. The molecule has 3 rings (SSSR count). The molecule has 0 aliphatic heterocycles. The number of benzene rings is 1. The van der Waals surface area contributed by atoms with E-state index < -0.39 is 10.2 Å². The van der Waals surface area contributed by atoms with Gasteiger partial charge in [0.1, 0.15) is 18.1 Å². The van der Waals surface area contributed by atoms with Gasteiger partial charge < -0.3 is 17.7 Å². The largest absolute Gasteiger partial charge is 1.00 e. The summed E-state index contributed by atoms with van der Waals surface area (Å²) >= 11 is 0. The van der Waals surface area contributed by atoms with E-state index >= 15 is 0 Å². The number of hydrogen-bond donors (Lipinski definition) is 1. The molecule has 1 amide bonds. The number of hydrogen-bond acceptors (Lipinski definition) is 3. The van der Waals surface area contributed by atoms with Crippen molar-refractivity contribution in [2.75, 3.05) is 19.4 Å². The standard InChI is InChI=1S/C19H26N4O3S.ClH/c1-15-5-4-6-16(13-15)19(24)20-17-7-9-18(10-8-17)22-11-12-23(14-22)27(25,26)21(2)3;/h7-12,14-16H,4-6,13H2,1-3H3;1H. The molecule has 154 valence electrons. The Kier molecular flexibility index (Phi) is 7.25. The van der Waals surface area contributed by atoms with Crippen LogP contribution in [-0.4, -0.2) is 37.3 Å². The highest BCUT2D eigenvalue weighted by atomic mass is 35.5. The van der Waals surface area contributed by atoms with E-state index in [9.17, 15) is 13.2 Å². The Morgan fingerprint density at radius 1 is 1.21 bits per heavy atom. The summed E-state index contributed by atoms with van der Waals surface area (Å²) in [6, 6.07) is 7.38. The monoisotopic (exact) mass is 426 g/mol. The van der Waals surface area contributed by atoms with Gasteiger partial charge in [0.2, 0.25) is 5.91 Å². The number of imidazole rings is 1. The molecule has 1 aromatic carbocycles. The summed E-state index contributed by atoms with van der Waals surface area (Å²) in [6.45, 7) is 2.20. The topological polar surface area (TPSA) is 75.3 Å². The number of carbonyl (C=O) groups is 1. The number of rotatable bonds is 5. The van der Waals surface area contributed by atoms with E-state index in [4.69, 9.17) is 0 Å². The first kappa shape index (κ1) is 22.4. The van der Waals surface area contributed by atoms with Crippen LogP contribution in [0.2, 0.25) is 0 Å². The maximum absolute atomic E-state index is 12.5. The van der Waals surface area contributed by atoms with E-state index in [0.717, 1.165) is 38.9 Å². The van der Waals surface area contributed by atoms with Crippen LogP contribution in [0.15, 0.2) is 43.0 Å². The highest BCUT2D eigenvalue weighted by molar-refractivity contribution is 7.82. The summed E-state index contributed by atoms with van der Waals surface area (Å²) in [6.07, 6.45) is 8.91. The average Bonchev–Trinajstić information content (AvgIpc) is 3.13. The van der Waals surface area contributed by atoms with Crippen LogP contribution in [0.1, 0.15) is 32.6 Å². The third-order valence-corrected chi connectivity index (χ3v) is 6.75. The van der Waals surface area contributed by atoms with Gasteiger partial charge in [0.15, 0.2) is 0 Å². The molecule has 1 aliphatic rings. The fourth-order valence-corrected chi connectivity index (χ4v) is 4.25. The zero-order valence-electron chi connectivity index (χ0n) is 16.4. The Labute approximate surface area is 173 Å². The van der Waals surface area contributed by atoms with Gasteiger partial charge in [-0.3, -0.25) is 4.79 Å². The predicted octanol–water partition coefficient (Wildman–Crippen LogP) is -0.812. The molecular weight excluding hydrogens is 400 g/mol. The Morgan fingerprint density at radius 2 is 1.89 bits per heavy atom. The normalized spacial score (nSPS) is 19.9. The van der Waals surface area contributed by atoms with Gasteiger partial charge in [-0.2, -0.15) is 12.7 Å². The summed E-state index contributed by atoms with van der Waals surface area (Å²) in [7, 11) is -0.552. The molecule has 9 heteroatoms. The van der Waals surface area contributed by atoms with E-state index in [-0.39, 0.29) is 24.2 Å².